The van der Waals surface area contributed by atoms with Crippen LogP contribution in [0.2, 0.25) is 0 Å². The van der Waals surface area contributed by atoms with Gasteiger partial charge in [-0.1, -0.05) is 0 Å². The molecule has 0 aromatic carbocycles. The van der Waals surface area contributed by atoms with Crippen LogP contribution in [0.3, 0.4) is 0 Å². The summed E-state index contributed by atoms with van der Waals surface area (Å²) < 4.78 is 3.58. The first-order valence-electron chi connectivity index (χ1n) is 9.67. The second-order valence-electron chi connectivity index (χ2n) is 7.34. The van der Waals surface area contributed by atoms with Crippen LogP contribution in [0.4, 0.5) is 11.8 Å². The van der Waals surface area contributed by atoms with Crippen molar-refractivity contribution in [2.75, 3.05) is 37.0 Å². The molecule has 0 unspecified atom stereocenters. The Bertz CT molecular complexity index is 1110. The topological polar surface area (TPSA) is 93.2 Å². The third-order valence-electron chi connectivity index (χ3n) is 5.24. The van der Waals surface area contributed by atoms with Gasteiger partial charge in [-0.15, -0.1) is 15.3 Å². The maximum absolute atomic E-state index is 4.71. The maximum atomic E-state index is 4.71. The lowest BCUT2D eigenvalue weighted by Crippen LogP contribution is -2.35. The summed E-state index contributed by atoms with van der Waals surface area (Å²) in [5.74, 6) is 3.63. The molecule has 0 aliphatic carbocycles. The van der Waals surface area contributed by atoms with Gasteiger partial charge in [0.15, 0.2) is 17.3 Å². The van der Waals surface area contributed by atoms with Gasteiger partial charge in [0.1, 0.15) is 5.82 Å². The Hall–Kier alpha value is -3.56. The van der Waals surface area contributed by atoms with Crippen LogP contribution >= 0.6 is 0 Å². The Balaban J connectivity index is 1.36. The molecule has 0 bridgehead atoms. The van der Waals surface area contributed by atoms with E-state index in [1.165, 1.54) is 0 Å². The highest BCUT2D eigenvalue weighted by atomic mass is 15.4. The average molecular weight is 390 g/mol. The van der Waals surface area contributed by atoms with Crippen molar-refractivity contribution in [3.8, 4) is 5.82 Å². The minimum absolute atomic E-state index is 0.290. The number of rotatable bonds is 4. The van der Waals surface area contributed by atoms with Gasteiger partial charge in [0.25, 0.3) is 0 Å². The zero-order valence-electron chi connectivity index (χ0n) is 16.4. The lowest BCUT2D eigenvalue weighted by molar-refractivity contribution is 0.472. The summed E-state index contributed by atoms with van der Waals surface area (Å²) >= 11 is 0. The first-order chi connectivity index (χ1) is 14.2. The van der Waals surface area contributed by atoms with E-state index in [-0.39, 0.29) is 0 Å². The molecule has 10 nitrogen and oxygen atoms in total. The first-order valence-corrected chi connectivity index (χ1v) is 9.67. The number of nitrogens with zero attached hydrogens (tertiary/aromatic N) is 10. The van der Waals surface area contributed by atoms with Gasteiger partial charge in [-0.3, -0.25) is 0 Å². The van der Waals surface area contributed by atoms with Gasteiger partial charge in [-0.2, -0.15) is 14.6 Å². The zero-order chi connectivity index (χ0) is 19.8. The third kappa shape index (κ3) is 3.26. The molecule has 1 saturated heterocycles. The molecule has 0 saturated carbocycles. The molecule has 0 spiro atoms. The largest absolute Gasteiger partial charge is 0.363 e. The molecule has 1 aliphatic heterocycles. The van der Waals surface area contributed by atoms with E-state index in [2.05, 4.69) is 30.2 Å². The number of piperidine rings is 1. The van der Waals surface area contributed by atoms with Gasteiger partial charge >= 0.3 is 0 Å². The van der Waals surface area contributed by atoms with Crippen molar-refractivity contribution < 1.29 is 0 Å². The van der Waals surface area contributed by atoms with E-state index in [1.54, 1.807) is 10.9 Å². The molecule has 1 aliphatic rings. The summed E-state index contributed by atoms with van der Waals surface area (Å²) in [6.07, 6.45) is 7.32. The van der Waals surface area contributed by atoms with E-state index in [9.17, 15) is 0 Å². The molecule has 5 rings (SSSR count). The second-order valence-corrected chi connectivity index (χ2v) is 7.34. The normalized spacial score (nSPS) is 15.2. The van der Waals surface area contributed by atoms with Crippen LogP contribution in [0.1, 0.15) is 24.6 Å². The van der Waals surface area contributed by atoms with E-state index >= 15 is 0 Å². The van der Waals surface area contributed by atoms with Crippen molar-refractivity contribution in [3.63, 3.8) is 0 Å². The van der Waals surface area contributed by atoms with Gasteiger partial charge in [-0.25, -0.2) is 9.67 Å². The van der Waals surface area contributed by atoms with Crippen LogP contribution in [0.25, 0.3) is 11.5 Å². The van der Waals surface area contributed by atoms with Gasteiger partial charge in [0.05, 0.1) is 0 Å². The Morgan fingerprint density at radius 2 is 1.90 bits per heavy atom. The third-order valence-corrected chi connectivity index (χ3v) is 5.24. The fourth-order valence-electron chi connectivity index (χ4n) is 3.66. The van der Waals surface area contributed by atoms with Gasteiger partial charge < -0.3 is 9.80 Å². The van der Waals surface area contributed by atoms with Crippen LogP contribution < -0.4 is 9.80 Å². The highest BCUT2D eigenvalue weighted by Gasteiger charge is 2.26. The van der Waals surface area contributed by atoms with E-state index in [0.29, 0.717) is 5.92 Å². The van der Waals surface area contributed by atoms with Gasteiger partial charge in [0.2, 0.25) is 5.95 Å². The highest BCUT2D eigenvalue weighted by Crippen LogP contribution is 2.28. The van der Waals surface area contributed by atoms with Gasteiger partial charge in [0, 0.05) is 51.7 Å². The molecule has 1 fully saturated rings. The predicted octanol–water partition coefficient (Wildman–Crippen LogP) is 1.55. The number of fused-ring (bicyclic) bond motifs is 1. The molecule has 10 heteroatoms. The van der Waals surface area contributed by atoms with Gasteiger partial charge in [-0.05, 0) is 37.1 Å². The number of aromatic nitrogens is 8. The van der Waals surface area contributed by atoms with Crippen molar-refractivity contribution in [1.29, 1.82) is 0 Å². The van der Waals surface area contributed by atoms with E-state index in [1.807, 2.05) is 60.2 Å². The Morgan fingerprint density at radius 1 is 1.03 bits per heavy atom. The van der Waals surface area contributed by atoms with Crippen LogP contribution in [0.15, 0.2) is 42.9 Å². The van der Waals surface area contributed by atoms with Crippen molar-refractivity contribution in [3.05, 3.63) is 48.7 Å². The van der Waals surface area contributed by atoms with Crippen molar-refractivity contribution >= 4 is 17.4 Å². The summed E-state index contributed by atoms with van der Waals surface area (Å²) in [7, 11) is 3.97. The highest BCUT2D eigenvalue weighted by molar-refractivity contribution is 5.43. The molecule has 5 heterocycles. The summed E-state index contributed by atoms with van der Waals surface area (Å²) in [5.41, 5.74) is 0.750. The molecule has 0 atom stereocenters. The second kappa shape index (κ2) is 7.12. The van der Waals surface area contributed by atoms with Crippen molar-refractivity contribution in [2.24, 2.45) is 0 Å². The fraction of sp³-hybridized carbons (Fsp3) is 0.368. The molecule has 0 radical (unpaired) electrons. The van der Waals surface area contributed by atoms with Crippen LogP contribution in [0.5, 0.6) is 0 Å². The first kappa shape index (κ1) is 17.5. The van der Waals surface area contributed by atoms with E-state index in [0.717, 1.165) is 55.0 Å². The van der Waals surface area contributed by atoms with Crippen LogP contribution in [0, 0.1) is 0 Å². The Labute approximate surface area is 167 Å². The SMILES string of the molecule is CN(C)c1ccnc(N2CCC(c3nnc4ccc(-n5cccn5)nn34)CC2)n1. The molecular weight excluding hydrogens is 368 g/mol. The molecule has 0 amide bonds. The standard InChI is InChI=1S/C19H22N10/c1-26(2)15-6-10-20-19(22-15)27-12-7-14(8-13-27)18-24-23-16-4-5-17(25-29(16)18)28-11-3-9-21-28/h3-6,9-11,14H,7-8,12-13H2,1-2H3. The molecule has 29 heavy (non-hydrogen) atoms. The number of hydrogen-bond donors (Lipinski definition) is 0. The van der Waals surface area contributed by atoms with Crippen molar-refractivity contribution in [2.45, 2.75) is 18.8 Å². The Morgan fingerprint density at radius 3 is 2.66 bits per heavy atom. The minimum atomic E-state index is 0.290. The molecular formula is C19H22N10. The predicted molar refractivity (Wildman–Crippen MR) is 108 cm³/mol. The lowest BCUT2D eigenvalue weighted by atomic mass is 9.96. The Kier molecular flexibility index (Phi) is 4.30. The smallest absolute Gasteiger partial charge is 0.227 e. The average Bonchev–Trinajstić information content (AvgIpc) is 3.43. The quantitative estimate of drug-likeness (QED) is 0.518. The van der Waals surface area contributed by atoms with E-state index < -0.39 is 0 Å². The van der Waals surface area contributed by atoms with Crippen molar-refractivity contribution in [1.82, 2.24) is 39.6 Å². The van der Waals surface area contributed by atoms with E-state index in [4.69, 9.17) is 5.10 Å². The minimum Gasteiger partial charge on any atom is -0.363 e. The monoisotopic (exact) mass is 390 g/mol. The molecule has 4 aromatic rings. The lowest BCUT2D eigenvalue weighted by Gasteiger charge is -2.31. The summed E-state index contributed by atoms with van der Waals surface area (Å²) in [6, 6.07) is 7.62. The van der Waals surface area contributed by atoms with Crippen LogP contribution in [-0.4, -0.2) is 66.7 Å². The summed E-state index contributed by atoms with van der Waals surface area (Å²) in [4.78, 5) is 13.3. The summed E-state index contributed by atoms with van der Waals surface area (Å²) in [6.45, 7) is 1.74. The fourth-order valence-corrected chi connectivity index (χ4v) is 3.66. The maximum Gasteiger partial charge on any atom is 0.227 e. The molecule has 4 aromatic heterocycles. The number of hydrogen-bond acceptors (Lipinski definition) is 8. The van der Waals surface area contributed by atoms with Crippen LogP contribution in [-0.2, 0) is 0 Å². The molecule has 0 N–H and O–H groups in total. The summed E-state index contributed by atoms with van der Waals surface area (Å²) in [5, 5.41) is 17.7. The zero-order valence-corrected chi connectivity index (χ0v) is 16.4. The number of anilines is 2. The molecule has 148 valence electrons.